The lowest BCUT2D eigenvalue weighted by Crippen LogP contribution is -2.10. The predicted octanol–water partition coefficient (Wildman–Crippen LogP) is 15.7. The van der Waals surface area contributed by atoms with Crippen LogP contribution in [-0.4, -0.2) is 9.13 Å². The van der Waals surface area contributed by atoms with Crippen molar-refractivity contribution in [2.24, 2.45) is 0 Å². The molecule has 0 amide bonds. The minimum atomic E-state index is -4.56. The van der Waals surface area contributed by atoms with Crippen LogP contribution in [0.1, 0.15) is 63.8 Å². The van der Waals surface area contributed by atoms with Gasteiger partial charge in [-0.25, -0.2) is 4.85 Å². The van der Waals surface area contributed by atoms with E-state index in [0.717, 1.165) is 66.5 Å². The molecule has 6 heteroatoms. The first-order valence-corrected chi connectivity index (χ1v) is 20.0. The van der Waals surface area contributed by atoms with E-state index >= 15 is 0 Å². The van der Waals surface area contributed by atoms with Crippen molar-refractivity contribution in [1.29, 1.82) is 0 Å². The van der Waals surface area contributed by atoms with E-state index in [4.69, 9.17) is 6.57 Å². The van der Waals surface area contributed by atoms with Crippen LogP contribution < -0.4 is 0 Å². The van der Waals surface area contributed by atoms with Gasteiger partial charge in [0.25, 0.3) is 0 Å². The minimum Gasteiger partial charge on any atom is -0.309 e. The molecule has 292 valence electrons. The number of rotatable bonds is 4. The number of aromatic nitrogens is 2. The Kier molecular flexibility index (Phi) is 8.68. The maximum atomic E-state index is 14.8. The molecule has 7 aromatic carbocycles. The van der Waals surface area contributed by atoms with Gasteiger partial charge in [-0.3, -0.25) is 0 Å². The van der Waals surface area contributed by atoms with Crippen molar-refractivity contribution in [3.63, 3.8) is 0 Å². The van der Waals surface area contributed by atoms with Crippen LogP contribution in [0.25, 0.3) is 82.1 Å². The van der Waals surface area contributed by atoms with Crippen LogP contribution in [0.3, 0.4) is 0 Å². The Morgan fingerprint density at radius 3 is 1.58 bits per heavy atom. The Bertz CT molecular complexity index is 3190. The first-order valence-electron chi connectivity index (χ1n) is 20.0. The van der Waals surface area contributed by atoms with Gasteiger partial charge in [-0.05, 0) is 112 Å². The molecule has 0 bridgehead atoms. The second-order valence-corrected chi connectivity index (χ2v) is 17.7. The molecule has 0 aliphatic heterocycles. The highest BCUT2D eigenvalue weighted by Gasteiger charge is 2.34. The molecule has 0 atom stereocenters. The molecular formula is C53H44F3N3. The maximum Gasteiger partial charge on any atom is 0.417 e. The quantitative estimate of drug-likeness (QED) is 0.158. The van der Waals surface area contributed by atoms with Gasteiger partial charge in [-0.15, -0.1) is 0 Å². The lowest BCUT2D eigenvalue weighted by molar-refractivity contribution is -0.137. The van der Waals surface area contributed by atoms with Crippen molar-refractivity contribution < 1.29 is 13.2 Å². The normalized spacial score (nSPS) is 12.6. The highest BCUT2D eigenvalue weighted by molar-refractivity contribution is 6.12. The average Bonchev–Trinajstić information content (AvgIpc) is 3.71. The van der Waals surface area contributed by atoms with Crippen LogP contribution in [0, 0.1) is 13.5 Å². The molecule has 2 heterocycles. The highest BCUT2D eigenvalue weighted by atomic mass is 19.4. The van der Waals surface area contributed by atoms with Crippen LogP contribution in [-0.2, 0) is 17.0 Å². The molecule has 9 rings (SSSR count). The number of halogens is 3. The summed E-state index contributed by atoms with van der Waals surface area (Å²) >= 11 is 0. The number of nitrogens with zero attached hydrogens (tertiary/aromatic N) is 3. The number of fused-ring (bicyclic) bond motifs is 6. The fraction of sp³-hybridized carbons (Fsp3) is 0.189. The molecule has 0 saturated heterocycles. The van der Waals surface area contributed by atoms with Gasteiger partial charge in [-0.1, -0.05) is 120 Å². The number of alkyl halides is 3. The van der Waals surface area contributed by atoms with Crippen LogP contribution in [0.4, 0.5) is 18.9 Å². The highest BCUT2D eigenvalue weighted by Crippen LogP contribution is 2.46. The summed E-state index contributed by atoms with van der Waals surface area (Å²) in [6, 6.07) is 45.6. The minimum absolute atomic E-state index is 0.0600. The van der Waals surface area contributed by atoms with E-state index in [1.807, 2.05) is 48.5 Å². The van der Waals surface area contributed by atoms with Crippen LogP contribution >= 0.6 is 0 Å². The third-order valence-electron chi connectivity index (χ3n) is 11.8. The standard InChI is InChI=1S/C53H44F3N3/c1-32-14-13-17-43(53(54,55)56)50(32)33-20-24-39(49(28-33)59-45-19-12-10-16-38(45)41-30-35(52(5,6)7)22-26-47(41)59)42-31-36(57-8)23-27-48(42)58-44-18-11-9-15-37(44)40-29-34(51(2,3)4)21-25-46(40)58/h9-31H,1-7H3. The Morgan fingerprint density at radius 1 is 0.492 bits per heavy atom. The molecule has 0 aliphatic carbocycles. The predicted molar refractivity (Wildman–Crippen MR) is 239 cm³/mol. The summed E-state index contributed by atoms with van der Waals surface area (Å²) < 4.78 is 48.8. The maximum absolute atomic E-state index is 14.8. The molecule has 0 N–H and O–H groups in total. The Balaban J connectivity index is 1.42. The summed E-state index contributed by atoms with van der Waals surface area (Å²) in [4.78, 5) is 3.89. The molecule has 9 aromatic rings. The van der Waals surface area contributed by atoms with Crippen molar-refractivity contribution in [2.45, 2.75) is 65.5 Å². The van der Waals surface area contributed by atoms with Crippen LogP contribution in [0.2, 0.25) is 0 Å². The fourth-order valence-corrected chi connectivity index (χ4v) is 8.79. The number of hydrogen-bond donors (Lipinski definition) is 0. The average molecular weight is 780 g/mol. The summed E-state index contributed by atoms with van der Waals surface area (Å²) in [6.07, 6.45) is -4.56. The first kappa shape index (κ1) is 38.0. The second-order valence-electron chi connectivity index (χ2n) is 17.7. The smallest absolute Gasteiger partial charge is 0.309 e. The SMILES string of the molecule is [C-]#[N+]c1ccc(-n2c3ccccc3c3cc(C(C)(C)C)ccc32)c(-c2ccc(-c3c(C)cccc3C(F)(F)F)cc2-n2c3ccccc3c3cc(C(C)(C)C)ccc32)c1. The third kappa shape index (κ3) is 6.28. The molecule has 0 saturated carbocycles. The zero-order chi connectivity index (χ0) is 41.6. The summed E-state index contributed by atoms with van der Waals surface area (Å²) in [5, 5.41) is 4.34. The van der Waals surface area contributed by atoms with E-state index < -0.39 is 11.7 Å². The van der Waals surface area contributed by atoms with Gasteiger partial charge in [0.15, 0.2) is 5.69 Å². The summed E-state index contributed by atoms with van der Waals surface area (Å²) in [7, 11) is 0. The molecule has 0 spiro atoms. The second kappa shape index (κ2) is 13.5. The van der Waals surface area contributed by atoms with E-state index in [2.05, 4.69) is 122 Å². The molecule has 2 aromatic heterocycles. The largest absolute Gasteiger partial charge is 0.417 e. The topological polar surface area (TPSA) is 14.2 Å². The monoisotopic (exact) mass is 779 g/mol. The van der Waals surface area contributed by atoms with Crippen LogP contribution in [0.5, 0.6) is 0 Å². The lowest BCUT2D eigenvalue weighted by Gasteiger charge is -2.22. The van der Waals surface area contributed by atoms with Gasteiger partial charge >= 0.3 is 6.18 Å². The first-order chi connectivity index (χ1) is 28.0. The van der Waals surface area contributed by atoms with Gasteiger partial charge in [0.2, 0.25) is 0 Å². The lowest BCUT2D eigenvalue weighted by atomic mass is 9.86. The Labute approximate surface area is 342 Å². The number of hydrogen-bond acceptors (Lipinski definition) is 0. The van der Waals surface area contributed by atoms with Gasteiger partial charge in [-0.2, -0.15) is 13.2 Å². The van der Waals surface area contributed by atoms with Crippen molar-refractivity contribution in [3.8, 4) is 33.6 Å². The van der Waals surface area contributed by atoms with Gasteiger partial charge < -0.3 is 9.13 Å². The van der Waals surface area contributed by atoms with E-state index in [9.17, 15) is 13.2 Å². The van der Waals surface area contributed by atoms with Crippen molar-refractivity contribution in [2.75, 3.05) is 0 Å². The van der Waals surface area contributed by atoms with E-state index in [0.29, 0.717) is 22.5 Å². The van der Waals surface area contributed by atoms with Gasteiger partial charge in [0.1, 0.15) is 0 Å². The molecule has 0 unspecified atom stereocenters. The molecule has 59 heavy (non-hydrogen) atoms. The summed E-state index contributed by atoms with van der Waals surface area (Å²) in [6.45, 7) is 23.1. The summed E-state index contributed by atoms with van der Waals surface area (Å²) in [5.41, 5.74) is 10.2. The van der Waals surface area contributed by atoms with Gasteiger partial charge in [0, 0.05) is 27.1 Å². The molecule has 0 fully saturated rings. The van der Waals surface area contributed by atoms with Crippen molar-refractivity contribution in [3.05, 3.63) is 173 Å². The summed E-state index contributed by atoms with van der Waals surface area (Å²) in [5.74, 6) is 0. The zero-order valence-corrected chi connectivity index (χ0v) is 34.3. The zero-order valence-electron chi connectivity index (χ0n) is 34.3. The molecular weight excluding hydrogens is 736 g/mol. The van der Waals surface area contributed by atoms with E-state index in [1.165, 1.54) is 17.2 Å². The van der Waals surface area contributed by atoms with Gasteiger partial charge in [0.05, 0.1) is 45.6 Å². The molecule has 0 aliphatic rings. The van der Waals surface area contributed by atoms with E-state index in [1.54, 1.807) is 19.1 Å². The van der Waals surface area contributed by atoms with Crippen LogP contribution in [0.15, 0.2) is 140 Å². The Hall–Kier alpha value is -6.58. The number of benzene rings is 7. The molecule has 3 nitrogen and oxygen atoms in total. The fourth-order valence-electron chi connectivity index (χ4n) is 8.79. The van der Waals surface area contributed by atoms with Crippen molar-refractivity contribution in [1.82, 2.24) is 9.13 Å². The third-order valence-corrected chi connectivity index (χ3v) is 11.8. The number of para-hydroxylation sites is 2. The number of aryl methyl sites for hydroxylation is 1. The van der Waals surface area contributed by atoms with E-state index in [-0.39, 0.29) is 16.4 Å². The van der Waals surface area contributed by atoms with Crippen molar-refractivity contribution >= 4 is 49.3 Å². The molecule has 0 radical (unpaired) electrons. The Morgan fingerprint density at radius 2 is 1.03 bits per heavy atom.